The fraction of sp³-hybridized carbons (Fsp3) is 0.417. The van der Waals surface area contributed by atoms with Crippen LogP contribution in [0.1, 0.15) is 54.9 Å². The Kier molecular flexibility index (Phi) is 10.6. The van der Waals surface area contributed by atoms with Crippen LogP contribution in [0.15, 0.2) is 54.9 Å². The minimum atomic E-state index is -3.06. The third-order valence-corrected chi connectivity index (χ3v) is 11.0. The van der Waals surface area contributed by atoms with Gasteiger partial charge in [0.15, 0.2) is 5.82 Å². The summed E-state index contributed by atoms with van der Waals surface area (Å²) in [6.07, 6.45) is 5.86. The van der Waals surface area contributed by atoms with Gasteiger partial charge in [0, 0.05) is 67.7 Å². The van der Waals surface area contributed by atoms with Crippen LogP contribution in [-0.2, 0) is 20.9 Å². The summed E-state index contributed by atoms with van der Waals surface area (Å²) in [6.45, 7) is 4.40. The highest BCUT2D eigenvalue weighted by atomic mass is 32.2. The largest absolute Gasteiger partial charge is 0.754 e. The first-order chi connectivity index (χ1) is 25.1. The fourth-order valence-corrected chi connectivity index (χ4v) is 8.24. The van der Waals surface area contributed by atoms with Crippen molar-refractivity contribution in [1.82, 2.24) is 25.6 Å². The van der Waals surface area contributed by atoms with Crippen LogP contribution < -0.4 is 14.7 Å². The van der Waals surface area contributed by atoms with Crippen LogP contribution >= 0.6 is 0 Å². The van der Waals surface area contributed by atoms with Crippen molar-refractivity contribution in [3.05, 3.63) is 77.6 Å². The molecule has 3 atom stereocenters. The summed E-state index contributed by atoms with van der Waals surface area (Å²) >= 11 is -3.06. The molecular formula is C36H39F3N7O5S-. The summed E-state index contributed by atoms with van der Waals surface area (Å²) < 4.78 is 69.7. The highest BCUT2D eigenvalue weighted by Crippen LogP contribution is 2.35. The van der Waals surface area contributed by atoms with Crippen molar-refractivity contribution < 1.29 is 36.4 Å². The number of fused-ring (bicyclic) bond motifs is 1. The number of rotatable bonds is 9. The number of aromatic amines is 1. The summed E-state index contributed by atoms with van der Waals surface area (Å²) in [4.78, 5) is 40.0. The van der Waals surface area contributed by atoms with Crippen LogP contribution in [0.2, 0.25) is 0 Å². The molecule has 2 aromatic heterocycles. The molecule has 0 spiro atoms. The number of carbonyl (C=O) groups excluding carboxylic acids is 2. The van der Waals surface area contributed by atoms with Crippen LogP contribution in [0.25, 0.3) is 22.2 Å². The van der Waals surface area contributed by atoms with Crippen molar-refractivity contribution in [2.45, 2.75) is 45.2 Å². The molecule has 3 aliphatic rings. The fourth-order valence-electron chi connectivity index (χ4n) is 7.60. The number of aromatic nitrogens is 2. The van der Waals surface area contributed by atoms with Gasteiger partial charge in [-0.3, -0.25) is 13.8 Å². The Morgan fingerprint density at radius 3 is 2.46 bits per heavy atom. The number of benzene rings is 2. The molecule has 7 rings (SSSR count). The normalized spacial score (nSPS) is 21.3. The van der Waals surface area contributed by atoms with Gasteiger partial charge >= 0.3 is 5.97 Å². The highest BCUT2D eigenvalue weighted by Gasteiger charge is 2.33. The molecule has 2 N–H and O–H groups in total. The van der Waals surface area contributed by atoms with E-state index < -0.39 is 46.1 Å². The number of H-pyrrole nitrogens is 1. The summed E-state index contributed by atoms with van der Waals surface area (Å²) in [5.41, 5.74) is 4.65. The van der Waals surface area contributed by atoms with Crippen LogP contribution in [0, 0.1) is 23.5 Å². The molecule has 3 fully saturated rings. The van der Waals surface area contributed by atoms with E-state index in [9.17, 15) is 22.7 Å². The number of anilines is 2. The minimum Gasteiger partial charge on any atom is -0.754 e. The highest BCUT2D eigenvalue weighted by molar-refractivity contribution is 7.80. The summed E-state index contributed by atoms with van der Waals surface area (Å²) in [5, 5.41) is 2.99. The molecule has 0 radical (unpaired) electrons. The molecule has 12 nitrogen and oxygen atoms in total. The van der Waals surface area contributed by atoms with Gasteiger partial charge in [-0.1, -0.05) is 17.3 Å². The van der Waals surface area contributed by atoms with E-state index in [-0.39, 0.29) is 31.0 Å². The van der Waals surface area contributed by atoms with E-state index >= 15 is 8.78 Å². The van der Waals surface area contributed by atoms with Crippen LogP contribution in [0.4, 0.5) is 24.5 Å². The SMILES string of the molecule is CC(=O)ON1CCC[C@H](C2CCN(c3ccc(-c4cnc5[nH]cc(C(=O)c6c(F)ccc(N(N7CCC(F)C7)S(=O)[O-])c6F)c5c4)cc3)CC2)CN1. The number of piperidine rings is 1. The van der Waals surface area contributed by atoms with E-state index in [1.54, 1.807) is 17.4 Å². The first-order valence-corrected chi connectivity index (χ1v) is 18.4. The molecule has 52 heavy (non-hydrogen) atoms. The molecular weight excluding hydrogens is 700 g/mol. The van der Waals surface area contributed by atoms with E-state index in [0.29, 0.717) is 39.4 Å². The Morgan fingerprint density at radius 2 is 1.77 bits per heavy atom. The van der Waals surface area contributed by atoms with Crippen LogP contribution in [0.5, 0.6) is 0 Å². The zero-order chi connectivity index (χ0) is 36.5. The number of nitrogens with zero attached hydrogens (tertiary/aromatic N) is 5. The second kappa shape index (κ2) is 15.3. The van der Waals surface area contributed by atoms with E-state index in [2.05, 4.69) is 20.3 Å². The molecule has 0 aliphatic carbocycles. The molecule has 0 amide bonds. The van der Waals surface area contributed by atoms with Crippen molar-refractivity contribution >= 4 is 45.4 Å². The Bertz CT molecular complexity index is 1970. The minimum absolute atomic E-state index is 0.00425. The number of nitrogens with one attached hydrogen (secondary N) is 2. The third-order valence-electron chi connectivity index (χ3n) is 10.3. The predicted molar refractivity (Wildman–Crippen MR) is 188 cm³/mol. The first kappa shape index (κ1) is 36.0. The Labute approximate surface area is 301 Å². The monoisotopic (exact) mass is 738 g/mol. The number of ketones is 1. The van der Waals surface area contributed by atoms with Crippen molar-refractivity contribution in [2.75, 3.05) is 48.6 Å². The Balaban J connectivity index is 1.06. The van der Waals surface area contributed by atoms with Gasteiger partial charge in [-0.05, 0) is 79.8 Å². The quantitative estimate of drug-likeness (QED) is 0.174. The second-order valence-corrected chi connectivity index (χ2v) is 14.3. The number of halogens is 3. The second-order valence-electron chi connectivity index (χ2n) is 13.5. The number of carbonyl (C=O) groups is 2. The van der Waals surface area contributed by atoms with Gasteiger partial charge in [0.25, 0.3) is 0 Å². The Morgan fingerprint density at radius 1 is 1.00 bits per heavy atom. The van der Waals surface area contributed by atoms with Crippen molar-refractivity contribution in [1.29, 1.82) is 0 Å². The van der Waals surface area contributed by atoms with Gasteiger partial charge in [-0.15, -0.1) is 0 Å². The zero-order valence-electron chi connectivity index (χ0n) is 28.5. The first-order valence-electron chi connectivity index (χ1n) is 17.4. The van der Waals surface area contributed by atoms with Gasteiger partial charge in [0.1, 0.15) is 23.3 Å². The van der Waals surface area contributed by atoms with Crippen LogP contribution in [-0.4, -0.2) is 86.1 Å². The summed E-state index contributed by atoms with van der Waals surface area (Å²) in [6, 6.07) is 11.5. The number of hydroxylamine groups is 1. The van der Waals surface area contributed by atoms with Gasteiger partial charge < -0.3 is 19.3 Å². The molecule has 5 heterocycles. The molecule has 2 aromatic carbocycles. The average Bonchev–Trinajstić information content (AvgIpc) is 3.68. The van der Waals surface area contributed by atoms with E-state index in [1.165, 1.54) is 13.1 Å². The lowest BCUT2D eigenvalue weighted by Gasteiger charge is -2.37. The predicted octanol–water partition coefficient (Wildman–Crippen LogP) is 5.21. The molecule has 2 unspecified atom stereocenters. The third kappa shape index (κ3) is 7.43. The van der Waals surface area contributed by atoms with Crippen LogP contribution in [0.3, 0.4) is 0 Å². The van der Waals surface area contributed by atoms with Gasteiger partial charge in [0.2, 0.25) is 5.78 Å². The van der Waals surface area contributed by atoms with E-state index in [4.69, 9.17) is 4.84 Å². The van der Waals surface area contributed by atoms with Gasteiger partial charge in [-0.25, -0.2) is 33.0 Å². The smallest absolute Gasteiger partial charge is 0.323 e. The average molecular weight is 739 g/mol. The molecule has 276 valence electrons. The van der Waals surface area contributed by atoms with Crippen molar-refractivity contribution in [2.24, 2.45) is 11.8 Å². The topological polar surface area (TPSA) is 137 Å². The van der Waals surface area contributed by atoms with Gasteiger partial charge in [0.05, 0.1) is 29.9 Å². The lowest BCUT2D eigenvalue weighted by atomic mass is 9.81. The lowest BCUT2D eigenvalue weighted by Crippen LogP contribution is -2.43. The molecule has 3 saturated heterocycles. The summed E-state index contributed by atoms with van der Waals surface area (Å²) in [7, 11) is 0. The van der Waals surface area contributed by atoms with Crippen molar-refractivity contribution in [3.63, 3.8) is 0 Å². The maximum absolute atomic E-state index is 15.9. The Hall–Kier alpha value is -4.35. The maximum atomic E-state index is 15.9. The van der Waals surface area contributed by atoms with Gasteiger partial charge in [-0.2, -0.15) is 0 Å². The molecule has 0 bridgehead atoms. The molecule has 4 aromatic rings. The number of alkyl halides is 1. The zero-order valence-corrected chi connectivity index (χ0v) is 29.3. The van der Waals surface area contributed by atoms with E-state index in [1.807, 2.05) is 24.3 Å². The molecule has 16 heteroatoms. The number of pyridine rings is 1. The molecule has 3 aliphatic heterocycles. The lowest BCUT2D eigenvalue weighted by molar-refractivity contribution is -0.203. The van der Waals surface area contributed by atoms with E-state index in [0.717, 1.165) is 73.7 Å². The number of hydrogen-bond donors (Lipinski definition) is 2. The van der Waals surface area contributed by atoms with Crippen molar-refractivity contribution in [3.8, 4) is 11.1 Å². The summed E-state index contributed by atoms with van der Waals surface area (Å²) in [5.74, 6) is -2.78. The standard InChI is InChI=1S/C36H40F3N7O5S/c1-22(47)51-45-13-2-3-25(19-42-45)24-10-14-43(15-11-24)28-6-4-23(5-7-28)26-17-29-30(20-41-36(29)40-18-26)35(48)33-31(38)8-9-32(34(33)39)46(52(49)50)44-16-12-27(37)21-44/h4-9,17-18,20,24-25,27,42H,2-3,10-16,19,21H2,1H3,(H,40,41)(H,49,50)/p-1/t25-,27?/m0/s1. The molecule has 0 saturated carbocycles. The number of hydrogen-bond acceptors (Lipinski definition) is 10. The maximum Gasteiger partial charge on any atom is 0.323 e. The number of hydrazine groups is 2.